The van der Waals surface area contributed by atoms with Gasteiger partial charge in [-0.05, 0) is 12.8 Å². The third kappa shape index (κ3) is 3.29. The predicted octanol–water partition coefficient (Wildman–Crippen LogP) is 1.32. The summed E-state index contributed by atoms with van der Waals surface area (Å²) < 4.78 is 4.77. The summed E-state index contributed by atoms with van der Waals surface area (Å²) in [4.78, 5) is 6.61. The zero-order valence-electron chi connectivity index (χ0n) is 11.6. The lowest BCUT2D eigenvalue weighted by Gasteiger charge is -2.40. The predicted molar refractivity (Wildman–Crippen MR) is 70.3 cm³/mol. The van der Waals surface area contributed by atoms with Gasteiger partial charge in [0.1, 0.15) is 0 Å². The van der Waals surface area contributed by atoms with Crippen LogP contribution in [-0.4, -0.2) is 46.8 Å². The van der Waals surface area contributed by atoms with Crippen molar-refractivity contribution in [1.82, 2.24) is 20.4 Å². The van der Waals surface area contributed by atoms with Gasteiger partial charge in [0.15, 0.2) is 5.82 Å². The molecule has 1 aliphatic heterocycles. The highest BCUT2D eigenvalue weighted by Gasteiger charge is 2.27. The van der Waals surface area contributed by atoms with Crippen molar-refractivity contribution in [2.45, 2.75) is 45.7 Å². The fourth-order valence-corrected chi connectivity index (χ4v) is 2.47. The molecule has 1 N–H and O–H groups in total. The smallest absolute Gasteiger partial charge is 0.213 e. The van der Waals surface area contributed by atoms with E-state index in [1.54, 1.807) is 0 Å². The van der Waals surface area contributed by atoms with Crippen molar-refractivity contribution < 1.29 is 4.52 Å². The Labute approximate surface area is 109 Å². The summed E-state index contributed by atoms with van der Waals surface area (Å²) in [5, 5.41) is 7.52. The van der Waals surface area contributed by atoms with Gasteiger partial charge in [-0.15, -0.1) is 0 Å². The molecule has 102 valence electrons. The van der Waals surface area contributed by atoms with Crippen molar-refractivity contribution in [3.05, 3.63) is 12.2 Å². The van der Waals surface area contributed by atoms with Gasteiger partial charge in [-0.25, -0.2) is 0 Å². The minimum atomic E-state index is 0.581. The summed E-state index contributed by atoms with van der Waals surface area (Å²) >= 11 is 0. The van der Waals surface area contributed by atoms with E-state index in [1.807, 2.05) is 0 Å². The Morgan fingerprint density at radius 2 is 2.44 bits per heavy atom. The number of aromatic nitrogens is 2. The van der Waals surface area contributed by atoms with Crippen molar-refractivity contribution in [3.8, 4) is 0 Å². The van der Waals surface area contributed by atoms with Crippen LogP contribution in [-0.2, 0) is 6.42 Å². The number of rotatable bonds is 5. The van der Waals surface area contributed by atoms with Crippen LogP contribution >= 0.6 is 0 Å². The van der Waals surface area contributed by atoms with Gasteiger partial charge >= 0.3 is 0 Å². The molecule has 0 aromatic carbocycles. The number of hydrogen-bond acceptors (Lipinski definition) is 5. The molecular formula is C13H24N4O. The van der Waals surface area contributed by atoms with Crippen LogP contribution in [0.1, 0.15) is 33.0 Å². The van der Waals surface area contributed by atoms with Gasteiger partial charge in [0.05, 0.1) is 0 Å². The van der Waals surface area contributed by atoms with Crippen molar-refractivity contribution in [3.63, 3.8) is 0 Å². The lowest BCUT2D eigenvalue weighted by molar-refractivity contribution is 0.119. The van der Waals surface area contributed by atoms with Crippen LogP contribution in [0.4, 0.5) is 0 Å². The Balaban J connectivity index is 1.85. The fraction of sp³-hybridized carbons (Fsp3) is 0.846. The molecule has 0 saturated carbocycles. The molecule has 1 fully saturated rings. The zero-order chi connectivity index (χ0) is 13.0. The second-order valence-corrected chi connectivity index (χ2v) is 5.34. The van der Waals surface area contributed by atoms with E-state index in [1.165, 1.54) is 12.8 Å². The average molecular weight is 252 g/mol. The van der Waals surface area contributed by atoms with Gasteiger partial charge in [-0.2, -0.15) is 4.98 Å². The quantitative estimate of drug-likeness (QED) is 0.856. The number of hydrogen-bond donors (Lipinski definition) is 1. The van der Waals surface area contributed by atoms with E-state index in [-0.39, 0.29) is 0 Å². The van der Waals surface area contributed by atoms with E-state index < -0.39 is 0 Å². The molecule has 0 amide bonds. The third-order valence-electron chi connectivity index (χ3n) is 4.09. The van der Waals surface area contributed by atoms with Crippen LogP contribution in [0.5, 0.6) is 0 Å². The van der Waals surface area contributed by atoms with Gasteiger partial charge in [0.25, 0.3) is 0 Å². The molecule has 3 atom stereocenters. The first-order valence-electron chi connectivity index (χ1n) is 6.93. The maximum absolute atomic E-state index is 4.77. The Bertz CT molecular complexity index is 341. The van der Waals surface area contributed by atoms with E-state index >= 15 is 0 Å². The van der Waals surface area contributed by atoms with Crippen LogP contribution < -0.4 is 5.32 Å². The summed E-state index contributed by atoms with van der Waals surface area (Å²) in [6.07, 6.45) is 3.50. The molecule has 1 aromatic rings. The zero-order valence-corrected chi connectivity index (χ0v) is 11.6. The van der Waals surface area contributed by atoms with Crippen molar-refractivity contribution in [2.24, 2.45) is 5.92 Å². The molecule has 1 aromatic heterocycles. The maximum Gasteiger partial charge on any atom is 0.213 e. The highest BCUT2D eigenvalue weighted by atomic mass is 16.5. The SMILES string of the molecule is CCC(C)C1CN(CCc2ncon2)C(C)CN1. The second kappa shape index (κ2) is 6.29. The van der Waals surface area contributed by atoms with Gasteiger partial charge in [0.2, 0.25) is 6.39 Å². The lowest BCUT2D eigenvalue weighted by atomic mass is 9.95. The molecule has 5 heteroatoms. The van der Waals surface area contributed by atoms with Gasteiger partial charge in [0, 0.05) is 38.1 Å². The van der Waals surface area contributed by atoms with Crippen LogP contribution in [0.25, 0.3) is 0 Å². The molecule has 0 bridgehead atoms. The van der Waals surface area contributed by atoms with E-state index in [2.05, 4.69) is 41.1 Å². The largest absolute Gasteiger partial charge is 0.343 e. The number of piperazine rings is 1. The van der Waals surface area contributed by atoms with E-state index in [9.17, 15) is 0 Å². The minimum absolute atomic E-state index is 0.581. The standard InChI is InChI=1S/C13H24N4O/c1-4-10(2)12-8-17(11(3)7-14-12)6-5-13-15-9-18-16-13/h9-12,14H,4-8H2,1-3H3. The van der Waals surface area contributed by atoms with Crippen LogP contribution in [0.15, 0.2) is 10.9 Å². The van der Waals surface area contributed by atoms with E-state index in [4.69, 9.17) is 4.52 Å². The van der Waals surface area contributed by atoms with Crippen LogP contribution in [0.3, 0.4) is 0 Å². The molecule has 18 heavy (non-hydrogen) atoms. The Morgan fingerprint density at radius 1 is 1.61 bits per heavy atom. The highest BCUT2D eigenvalue weighted by Crippen LogP contribution is 2.15. The summed E-state index contributed by atoms with van der Waals surface area (Å²) in [5.41, 5.74) is 0. The molecule has 1 saturated heterocycles. The minimum Gasteiger partial charge on any atom is -0.343 e. The van der Waals surface area contributed by atoms with Crippen molar-refractivity contribution in [2.75, 3.05) is 19.6 Å². The highest BCUT2D eigenvalue weighted by molar-refractivity contribution is 4.88. The summed E-state index contributed by atoms with van der Waals surface area (Å²) in [7, 11) is 0. The maximum atomic E-state index is 4.77. The molecule has 5 nitrogen and oxygen atoms in total. The summed E-state index contributed by atoms with van der Waals surface area (Å²) in [6.45, 7) is 10.1. The normalized spacial score (nSPS) is 27.3. The lowest BCUT2D eigenvalue weighted by Crippen LogP contribution is -2.57. The first-order chi connectivity index (χ1) is 8.70. The average Bonchev–Trinajstić information content (AvgIpc) is 2.90. The Kier molecular flexibility index (Phi) is 4.72. The molecule has 1 aliphatic rings. The number of nitrogens with one attached hydrogen (secondary N) is 1. The number of nitrogens with zero attached hydrogens (tertiary/aromatic N) is 3. The summed E-state index contributed by atoms with van der Waals surface area (Å²) in [5.74, 6) is 1.53. The van der Waals surface area contributed by atoms with Crippen LogP contribution in [0.2, 0.25) is 0 Å². The molecule has 0 spiro atoms. The molecule has 2 heterocycles. The topological polar surface area (TPSA) is 54.2 Å². The third-order valence-corrected chi connectivity index (χ3v) is 4.09. The first-order valence-corrected chi connectivity index (χ1v) is 6.93. The van der Waals surface area contributed by atoms with Gasteiger partial charge in [-0.1, -0.05) is 25.4 Å². The van der Waals surface area contributed by atoms with Crippen molar-refractivity contribution >= 4 is 0 Å². The Hall–Kier alpha value is -0.940. The van der Waals surface area contributed by atoms with E-state index in [0.29, 0.717) is 12.1 Å². The van der Waals surface area contributed by atoms with Crippen LogP contribution in [0, 0.1) is 5.92 Å². The molecule has 2 rings (SSSR count). The molecular weight excluding hydrogens is 228 g/mol. The van der Waals surface area contributed by atoms with Gasteiger partial charge < -0.3 is 9.84 Å². The van der Waals surface area contributed by atoms with Crippen molar-refractivity contribution in [1.29, 1.82) is 0 Å². The van der Waals surface area contributed by atoms with Gasteiger partial charge in [-0.3, -0.25) is 4.90 Å². The second-order valence-electron chi connectivity index (χ2n) is 5.34. The monoisotopic (exact) mass is 252 g/mol. The fourth-order valence-electron chi connectivity index (χ4n) is 2.47. The Morgan fingerprint density at radius 3 is 3.11 bits per heavy atom. The molecule has 0 radical (unpaired) electrons. The molecule has 3 unspecified atom stereocenters. The summed E-state index contributed by atoms with van der Waals surface area (Å²) in [6, 6.07) is 1.19. The van der Waals surface area contributed by atoms with E-state index in [0.717, 1.165) is 37.8 Å². The molecule has 0 aliphatic carbocycles. The first kappa shape index (κ1) is 13.5.